The van der Waals surface area contributed by atoms with Crippen LogP contribution in [0.4, 0.5) is 0 Å². The maximum atomic E-state index is 11.5. The first kappa shape index (κ1) is 13.3. The van der Waals surface area contributed by atoms with Crippen LogP contribution in [0.15, 0.2) is 51.5 Å². The van der Waals surface area contributed by atoms with Gasteiger partial charge in [0, 0.05) is 9.86 Å². The molecular formula is C14H9Br2N3O. The Bertz CT molecular complexity index is 809. The zero-order valence-electron chi connectivity index (χ0n) is 10.2. The lowest BCUT2D eigenvalue weighted by atomic mass is 10.1. The largest absolute Gasteiger partial charge is 0.366 e. The van der Waals surface area contributed by atoms with Crippen LogP contribution in [0.5, 0.6) is 0 Å². The number of benzene rings is 2. The summed E-state index contributed by atoms with van der Waals surface area (Å²) in [4.78, 5) is 11.5. The van der Waals surface area contributed by atoms with Crippen molar-refractivity contribution < 1.29 is 4.79 Å². The highest BCUT2D eigenvalue weighted by atomic mass is 79.9. The van der Waals surface area contributed by atoms with Gasteiger partial charge in [-0.25, -0.2) is 4.68 Å². The average Bonchev–Trinajstić information content (AvgIpc) is 2.77. The van der Waals surface area contributed by atoms with E-state index in [0.717, 1.165) is 20.1 Å². The molecule has 4 nitrogen and oxygen atoms in total. The van der Waals surface area contributed by atoms with Crippen LogP contribution in [0, 0.1) is 0 Å². The summed E-state index contributed by atoms with van der Waals surface area (Å²) in [5, 5.41) is 5.34. The molecule has 0 saturated carbocycles. The maximum Gasteiger partial charge on any atom is 0.250 e. The second kappa shape index (κ2) is 5.03. The predicted octanol–water partition coefficient (Wildman–Crippen LogP) is 3.65. The molecule has 3 rings (SSSR count). The van der Waals surface area contributed by atoms with Gasteiger partial charge in [-0.2, -0.15) is 5.10 Å². The van der Waals surface area contributed by atoms with Crippen molar-refractivity contribution in [3.05, 3.63) is 57.1 Å². The molecule has 0 radical (unpaired) electrons. The standard InChI is InChI=1S/C14H9Br2N3O/c15-8-4-6-9(7-5-8)19-13(16)10-2-1-3-11(14(17)20)12(10)18-19/h1-7H,(H2,17,20). The molecule has 20 heavy (non-hydrogen) atoms. The third-order valence-electron chi connectivity index (χ3n) is 2.98. The number of amides is 1. The van der Waals surface area contributed by atoms with Crippen LogP contribution in [0.1, 0.15) is 10.4 Å². The zero-order chi connectivity index (χ0) is 14.3. The molecule has 6 heteroatoms. The van der Waals surface area contributed by atoms with Crippen molar-refractivity contribution in [2.75, 3.05) is 0 Å². The summed E-state index contributed by atoms with van der Waals surface area (Å²) in [6.45, 7) is 0. The Balaban J connectivity index is 2.28. The highest BCUT2D eigenvalue weighted by Gasteiger charge is 2.15. The van der Waals surface area contributed by atoms with Gasteiger partial charge in [0.2, 0.25) is 0 Å². The Hall–Kier alpha value is -1.66. The van der Waals surface area contributed by atoms with Crippen LogP contribution in [-0.4, -0.2) is 15.7 Å². The lowest BCUT2D eigenvalue weighted by Gasteiger charge is -2.02. The quantitative estimate of drug-likeness (QED) is 0.721. The molecule has 100 valence electrons. The van der Waals surface area contributed by atoms with Gasteiger partial charge < -0.3 is 5.73 Å². The lowest BCUT2D eigenvalue weighted by Crippen LogP contribution is -2.11. The third-order valence-corrected chi connectivity index (χ3v) is 4.27. The van der Waals surface area contributed by atoms with Crippen molar-refractivity contribution in [1.29, 1.82) is 0 Å². The van der Waals surface area contributed by atoms with Crippen molar-refractivity contribution in [2.24, 2.45) is 5.73 Å². The highest BCUT2D eigenvalue weighted by Crippen LogP contribution is 2.29. The molecule has 3 aromatic rings. The number of hydrogen-bond acceptors (Lipinski definition) is 2. The van der Waals surface area contributed by atoms with E-state index >= 15 is 0 Å². The molecule has 0 spiro atoms. The van der Waals surface area contributed by atoms with Crippen LogP contribution in [0.2, 0.25) is 0 Å². The summed E-state index contributed by atoms with van der Waals surface area (Å²) in [6.07, 6.45) is 0. The molecule has 1 aromatic heterocycles. The van der Waals surface area contributed by atoms with E-state index in [1.807, 2.05) is 30.3 Å². The fourth-order valence-electron chi connectivity index (χ4n) is 2.03. The van der Waals surface area contributed by atoms with Crippen molar-refractivity contribution in [3.8, 4) is 5.69 Å². The van der Waals surface area contributed by atoms with Gasteiger partial charge in [-0.1, -0.05) is 22.0 Å². The fraction of sp³-hybridized carbons (Fsp3) is 0. The van der Waals surface area contributed by atoms with Crippen molar-refractivity contribution in [3.63, 3.8) is 0 Å². The summed E-state index contributed by atoms with van der Waals surface area (Å²) >= 11 is 6.93. The number of halogens is 2. The van der Waals surface area contributed by atoms with Crippen LogP contribution in [0.25, 0.3) is 16.6 Å². The zero-order valence-corrected chi connectivity index (χ0v) is 13.3. The van der Waals surface area contributed by atoms with Gasteiger partial charge in [-0.3, -0.25) is 4.79 Å². The molecule has 0 bridgehead atoms. The van der Waals surface area contributed by atoms with Gasteiger partial charge in [0.15, 0.2) is 0 Å². The van der Waals surface area contributed by atoms with Crippen LogP contribution in [0.3, 0.4) is 0 Å². The second-order valence-corrected chi connectivity index (χ2v) is 5.91. The number of rotatable bonds is 2. The van der Waals surface area contributed by atoms with Crippen molar-refractivity contribution in [2.45, 2.75) is 0 Å². The van der Waals surface area contributed by atoms with E-state index in [1.165, 1.54) is 0 Å². The van der Waals surface area contributed by atoms with Crippen LogP contribution >= 0.6 is 31.9 Å². The second-order valence-electron chi connectivity index (χ2n) is 4.25. The summed E-state index contributed by atoms with van der Waals surface area (Å²) in [5.74, 6) is -0.483. The molecule has 0 unspecified atom stereocenters. The van der Waals surface area contributed by atoms with E-state index in [0.29, 0.717) is 11.1 Å². The molecule has 0 atom stereocenters. The molecule has 0 aliphatic carbocycles. The van der Waals surface area contributed by atoms with Crippen LogP contribution in [-0.2, 0) is 0 Å². The smallest absolute Gasteiger partial charge is 0.250 e. The van der Waals surface area contributed by atoms with Crippen molar-refractivity contribution >= 4 is 48.7 Å². The topological polar surface area (TPSA) is 60.9 Å². The number of hydrogen-bond donors (Lipinski definition) is 1. The Kier molecular flexibility index (Phi) is 3.35. The number of carbonyl (C=O) groups excluding carboxylic acids is 1. The Morgan fingerprint density at radius 2 is 1.80 bits per heavy atom. The highest BCUT2D eigenvalue weighted by molar-refractivity contribution is 9.10. The van der Waals surface area contributed by atoms with Gasteiger partial charge in [0.1, 0.15) is 10.1 Å². The van der Waals surface area contributed by atoms with E-state index in [1.54, 1.807) is 16.8 Å². The van der Waals surface area contributed by atoms with E-state index < -0.39 is 5.91 Å². The predicted molar refractivity (Wildman–Crippen MR) is 85.0 cm³/mol. The first-order valence-corrected chi connectivity index (χ1v) is 7.39. The minimum Gasteiger partial charge on any atom is -0.366 e. The Morgan fingerprint density at radius 3 is 2.45 bits per heavy atom. The number of nitrogens with zero attached hydrogens (tertiary/aromatic N) is 2. The molecular weight excluding hydrogens is 386 g/mol. The average molecular weight is 395 g/mol. The molecule has 2 aromatic carbocycles. The van der Waals surface area contributed by atoms with Crippen LogP contribution < -0.4 is 5.73 Å². The SMILES string of the molecule is NC(=O)c1cccc2c(Br)n(-c3ccc(Br)cc3)nc12. The lowest BCUT2D eigenvalue weighted by molar-refractivity contribution is 0.100. The fourth-order valence-corrected chi connectivity index (χ4v) is 2.90. The molecule has 2 N–H and O–H groups in total. The molecule has 0 aliphatic rings. The van der Waals surface area contributed by atoms with Gasteiger partial charge in [-0.05, 0) is 52.3 Å². The normalized spacial score (nSPS) is 10.9. The molecule has 1 amide bonds. The Labute approximate surface area is 131 Å². The molecule has 0 saturated heterocycles. The minimum absolute atomic E-state index is 0.416. The third kappa shape index (κ3) is 2.14. The van der Waals surface area contributed by atoms with E-state index in [9.17, 15) is 4.79 Å². The number of primary amides is 1. The monoisotopic (exact) mass is 393 g/mol. The maximum absolute atomic E-state index is 11.5. The molecule has 1 heterocycles. The molecule has 0 aliphatic heterocycles. The van der Waals surface area contributed by atoms with Crippen molar-refractivity contribution in [1.82, 2.24) is 9.78 Å². The number of carbonyl (C=O) groups is 1. The summed E-state index contributed by atoms with van der Waals surface area (Å²) in [5.41, 5.74) is 7.29. The van der Waals surface area contributed by atoms with Gasteiger partial charge in [0.05, 0.1) is 11.3 Å². The van der Waals surface area contributed by atoms with E-state index in [2.05, 4.69) is 37.0 Å². The number of aromatic nitrogens is 2. The number of nitrogens with two attached hydrogens (primary N) is 1. The van der Waals surface area contributed by atoms with Gasteiger partial charge in [-0.15, -0.1) is 0 Å². The summed E-state index contributed by atoms with van der Waals surface area (Å²) in [6, 6.07) is 13.1. The Morgan fingerprint density at radius 1 is 1.10 bits per heavy atom. The first-order valence-electron chi connectivity index (χ1n) is 5.81. The first-order chi connectivity index (χ1) is 9.58. The summed E-state index contributed by atoms with van der Waals surface area (Å²) in [7, 11) is 0. The van der Waals surface area contributed by atoms with Gasteiger partial charge >= 0.3 is 0 Å². The van der Waals surface area contributed by atoms with Gasteiger partial charge in [0.25, 0.3) is 5.91 Å². The molecule has 0 fully saturated rings. The minimum atomic E-state index is -0.483. The van der Waals surface area contributed by atoms with E-state index in [-0.39, 0.29) is 0 Å². The summed E-state index contributed by atoms with van der Waals surface area (Å²) < 4.78 is 3.52. The number of fused-ring (bicyclic) bond motifs is 1. The van der Waals surface area contributed by atoms with E-state index in [4.69, 9.17) is 5.73 Å².